The second-order valence-corrected chi connectivity index (χ2v) is 5.33. The number of carbonyl (C=O) groups excluding carboxylic acids is 1. The van der Waals surface area contributed by atoms with Crippen molar-refractivity contribution < 1.29 is 19.8 Å². The van der Waals surface area contributed by atoms with Crippen LogP contribution < -0.4 is 5.32 Å². The highest BCUT2D eigenvalue weighted by Gasteiger charge is 2.39. The van der Waals surface area contributed by atoms with Gasteiger partial charge < -0.3 is 20.4 Å². The molecule has 2 amide bonds. The fraction of sp³-hybridized carbons (Fsp3) is 0.833. The Labute approximate surface area is 106 Å². The zero-order valence-electron chi connectivity index (χ0n) is 10.5. The number of hydrogen-bond donors (Lipinski definition) is 3. The van der Waals surface area contributed by atoms with Gasteiger partial charge in [0, 0.05) is 19.0 Å². The van der Waals surface area contributed by atoms with E-state index < -0.39 is 18.1 Å². The molecule has 102 valence electrons. The number of likely N-dealkylation sites (tertiary alicyclic amines) is 1. The maximum Gasteiger partial charge on any atom is 0.326 e. The summed E-state index contributed by atoms with van der Waals surface area (Å²) in [5, 5.41) is 21.3. The number of nitrogens with one attached hydrogen (secondary N) is 1. The van der Waals surface area contributed by atoms with Crippen LogP contribution in [-0.4, -0.2) is 51.8 Å². The summed E-state index contributed by atoms with van der Waals surface area (Å²) < 4.78 is 0. The molecule has 0 radical (unpaired) electrons. The highest BCUT2D eigenvalue weighted by atomic mass is 16.4. The summed E-state index contributed by atoms with van der Waals surface area (Å²) in [4.78, 5) is 24.2. The Hall–Kier alpha value is -1.30. The SMILES string of the molecule is CC(NC(=O)N1CC(O)C[C@H]1C(=O)O)C1CCC1. The Balaban J connectivity index is 1.92. The summed E-state index contributed by atoms with van der Waals surface area (Å²) in [5.74, 6) is -0.553. The number of carbonyl (C=O) groups is 2. The fourth-order valence-electron chi connectivity index (χ4n) is 2.61. The van der Waals surface area contributed by atoms with Gasteiger partial charge in [0.2, 0.25) is 0 Å². The van der Waals surface area contributed by atoms with E-state index in [0.717, 1.165) is 12.8 Å². The lowest BCUT2D eigenvalue weighted by molar-refractivity contribution is -0.141. The number of aliphatic hydroxyl groups is 1. The molecular formula is C12H20N2O4. The Kier molecular flexibility index (Phi) is 3.75. The number of rotatable bonds is 3. The summed E-state index contributed by atoms with van der Waals surface area (Å²) >= 11 is 0. The number of urea groups is 1. The maximum atomic E-state index is 12.0. The third-order valence-corrected chi connectivity index (χ3v) is 4.03. The average Bonchev–Trinajstić information content (AvgIpc) is 2.57. The lowest BCUT2D eigenvalue weighted by atomic mass is 9.80. The molecule has 0 spiro atoms. The molecule has 1 saturated carbocycles. The van der Waals surface area contributed by atoms with Gasteiger partial charge in [0.25, 0.3) is 0 Å². The highest BCUT2D eigenvalue weighted by Crippen LogP contribution is 2.29. The molecule has 1 aliphatic carbocycles. The first-order chi connectivity index (χ1) is 8.49. The minimum absolute atomic E-state index is 0.0680. The van der Waals surface area contributed by atoms with Crippen molar-refractivity contribution in [2.24, 2.45) is 5.92 Å². The van der Waals surface area contributed by atoms with Gasteiger partial charge in [-0.05, 0) is 25.7 Å². The number of aliphatic carboxylic acids is 1. The van der Waals surface area contributed by atoms with Crippen LogP contribution in [0.25, 0.3) is 0 Å². The van der Waals surface area contributed by atoms with E-state index >= 15 is 0 Å². The topological polar surface area (TPSA) is 89.9 Å². The van der Waals surface area contributed by atoms with Crippen LogP contribution in [0.3, 0.4) is 0 Å². The van der Waals surface area contributed by atoms with Crippen LogP contribution >= 0.6 is 0 Å². The summed E-state index contributed by atoms with van der Waals surface area (Å²) in [6, 6.07) is -1.22. The first kappa shape index (κ1) is 13.1. The largest absolute Gasteiger partial charge is 0.480 e. The Morgan fingerprint density at radius 1 is 1.39 bits per heavy atom. The molecule has 0 bridgehead atoms. The van der Waals surface area contributed by atoms with E-state index in [4.69, 9.17) is 5.11 Å². The van der Waals surface area contributed by atoms with Gasteiger partial charge in [-0.25, -0.2) is 9.59 Å². The lowest BCUT2D eigenvalue weighted by Crippen LogP contribution is -2.51. The van der Waals surface area contributed by atoms with Crippen molar-refractivity contribution in [2.45, 2.75) is 50.8 Å². The summed E-state index contributed by atoms with van der Waals surface area (Å²) in [5.41, 5.74) is 0. The number of amides is 2. The second-order valence-electron chi connectivity index (χ2n) is 5.33. The van der Waals surface area contributed by atoms with E-state index in [1.165, 1.54) is 11.3 Å². The van der Waals surface area contributed by atoms with Crippen LogP contribution in [0.2, 0.25) is 0 Å². The van der Waals surface area contributed by atoms with E-state index in [1.807, 2.05) is 6.92 Å². The number of hydrogen-bond acceptors (Lipinski definition) is 3. The number of carboxylic acid groups (broad SMARTS) is 1. The molecule has 3 N–H and O–H groups in total. The van der Waals surface area contributed by atoms with Gasteiger partial charge in [-0.3, -0.25) is 0 Å². The van der Waals surface area contributed by atoms with Crippen molar-refractivity contribution in [1.29, 1.82) is 0 Å². The summed E-state index contributed by atoms with van der Waals surface area (Å²) in [6.07, 6.45) is 2.81. The molecule has 1 aliphatic heterocycles. The van der Waals surface area contributed by atoms with Crippen LogP contribution in [0.4, 0.5) is 4.79 Å². The molecule has 1 heterocycles. The van der Waals surface area contributed by atoms with Gasteiger partial charge in [0.15, 0.2) is 0 Å². The van der Waals surface area contributed by atoms with Gasteiger partial charge in [0.05, 0.1) is 6.10 Å². The average molecular weight is 256 g/mol. The standard InChI is InChI=1S/C12H20N2O4/c1-7(8-3-2-4-8)13-12(18)14-6-9(15)5-10(14)11(16)17/h7-10,15H,2-6H2,1H3,(H,13,18)(H,16,17)/t7?,9?,10-/m0/s1. The highest BCUT2D eigenvalue weighted by molar-refractivity contribution is 5.83. The third-order valence-electron chi connectivity index (χ3n) is 4.03. The van der Waals surface area contributed by atoms with Crippen LogP contribution in [0.5, 0.6) is 0 Å². The van der Waals surface area contributed by atoms with Crippen molar-refractivity contribution in [3.05, 3.63) is 0 Å². The first-order valence-corrected chi connectivity index (χ1v) is 6.47. The molecule has 3 atom stereocenters. The van der Waals surface area contributed by atoms with E-state index in [2.05, 4.69) is 5.32 Å². The Morgan fingerprint density at radius 3 is 2.56 bits per heavy atom. The minimum atomic E-state index is -1.06. The van der Waals surface area contributed by atoms with Gasteiger partial charge in [0.1, 0.15) is 6.04 Å². The van der Waals surface area contributed by atoms with Crippen molar-refractivity contribution in [3.8, 4) is 0 Å². The van der Waals surface area contributed by atoms with Crippen molar-refractivity contribution in [2.75, 3.05) is 6.54 Å². The first-order valence-electron chi connectivity index (χ1n) is 6.47. The monoisotopic (exact) mass is 256 g/mol. The number of aliphatic hydroxyl groups excluding tert-OH is 1. The molecule has 6 nitrogen and oxygen atoms in total. The number of β-amino-alcohol motifs (C(OH)–C–C–N with tert-alkyl or cyclic N) is 1. The maximum absolute atomic E-state index is 12.0. The van der Waals surface area contributed by atoms with Gasteiger partial charge in [-0.1, -0.05) is 6.42 Å². The molecule has 2 unspecified atom stereocenters. The van der Waals surface area contributed by atoms with Gasteiger partial charge in [-0.2, -0.15) is 0 Å². The zero-order chi connectivity index (χ0) is 13.3. The van der Waals surface area contributed by atoms with E-state index in [0.29, 0.717) is 5.92 Å². The number of carboxylic acids is 1. The molecule has 2 fully saturated rings. The quantitative estimate of drug-likeness (QED) is 0.682. The third kappa shape index (κ3) is 2.58. The van der Waals surface area contributed by atoms with Crippen molar-refractivity contribution in [1.82, 2.24) is 10.2 Å². The molecule has 0 aromatic carbocycles. The number of nitrogens with zero attached hydrogens (tertiary/aromatic N) is 1. The van der Waals surface area contributed by atoms with E-state index in [9.17, 15) is 14.7 Å². The van der Waals surface area contributed by atoms with Crippen molar-refractivity contribution >= 4 is 12.0 Å². The Morgan fingerprint density at radius 2 is 2.06 bits per heavy atom. The molecule has 1 saturated heterocycles. The summed E-state index contributed by atoms with van der Waals surface area (Å²) in [6.45, 7) is 2.05. The van der Waals surface area contributed by atoms with Crippen LogP contribution in [-0.2, 0) is 4.79 Å². The van der Waals surface area contributed by atoms with Crippen molar-refractivity contribution in [3.63, 3.8) is 0 Å². The normalized spacial score (nSPS) is 29.8. The second kappa shape index (κ2) is 5.14. The summed E-state index contributed by atoms with van der Waals surface area (Å²) in [7, 11) is 0. The van der Waals surface area contributed by atoms with E-state index in [-0.39, 0.29) is 25.0 Å². The lowest BCUT2D eigenvalue weighted by Gasteiger charge is -2.33. The van der Waals surface area contributed by atoms with Gasteiger partial charge in [-0.15, -0.1) is 0 Å². The van der Waals surface area contributed by atoms with Gasteiger partial charge >= 0.3 is 12.0 Å². The predicted octanol–water partition coefficient (Wildman–Crippen LogP) is 0.404. The molecule has 2 aliphatic rings. The molecular weight excluding hydrogens is 236 g/mol. The molecule has 18 heavy (non-hydrogen) atoms. The van der Waals surface area contributed by atoms with Crippen LogP contribution in [0.15, 0.2) is 0 Å². The van der Waals surface area contributed by atoms with Crippen LogP contribution in [0, 0.1) is 5.92 Å². The smallest absolute Gasteiger partial charge is 0.326 e. The molecule has 0 aromatic heterocycles. The van der Waals surface area contributed by atoms with E-state index in [1.54, 1.807) is 0 Å². The molecule has 0 aromatic rings. The fourth-order valence-corrected chi connectivity index (χ4v) is 2.61. The zero-order valence-corrected chi connectivity index (χ0v) is 10.5. The van der Waals surface area contributed by atoms with Crippen LogP contribution in [0.1, 0.15) is 32.6 Å². The molecule has 6 heteroatoms. The Bertz CT molecular complexity index is 343. The predicted molar refractivity (Wildman–Crippen MR) is 64.1 cm³/mol. The molecule has 2 rings (SSSR count). The minimum Gasteiger partial charge on any atom is -0.480 e.